The van der Waals surface area contributed by atoms with Crippen LogP contribution in [0.2, 0.25) is 0 Å². The number of carbonyl (C=O) groups is 1. The molecule has 0 aliphatic carbocycles. The highest BCUT2D eigenvalue weighted by atomic mass is 16.5. The van der Waals surface area contributed by atoms with E-state index < -0.39 is 0 Å². The Morgan fingerprint density at radius 1 is 1.17 bits per heavy atom. The summed E-state index contributed by atoms with van der Waals surface area (Å²) in [6.07, 6.45) is 2.08. The maximum absolute atomic E-state index is 12.4. The second kappa shape index (κ2) is 7.21. The number of hydrogen-bond acceptors (Lipinski definition) is 3. The molecule has 1 N–H and O–H groups in total. The number of rotatable bonds is 6. The van der Waals surface area contributed by atoms with Crippen LogP contribution >= 0.6 is 0 Å². The Morgan fingerprint density at radius 2 is 1.96 bits per heavy atom. The summed E-state index contributed by atoms with van der Waals surface area (Å²) in [4.78, 5) is 12.4. The first kappa shape index (κ1) is 16.1. The maximum atomic E-state index is 12.4. The lowest BCUT2D eigenvalue weighted by atomic mass is 10.0. The van der Waals surface area contributed by atoms with Crippen molar-refractivity contribution in [3.8, 4) is 17.1 Å². The minimum atomic E-state index is -0.168. The van der Waals surface area contributed by atoms with Gasteiger partial charge in [-0.15, -0.1) is 0 Å². The average Bonchev–Trinajstić information content (AvgIpc) is 3.01. The van der Waals surface area contributed by atoms with E-state index in [-0.39, 0.29) is 5.91 Å². The third-order valence-electron chi connectivity index (χ3n) is 3.92. The second-order valence-electron chi connectivity index (χ2n) is 5.61. The molecule has 0 aliphatic heterocycles. The van der Waals surface area contributed by atoms with Crippen molar-refractivity contribution in [3.05, 3.63) is 54.1 Å². The van der Waals surface area contributed by atoms with Gasteiger partial charge in [-0.25, -0.2) is 0 Å². The number of amides is 1. The lowest BCUT2D eigenvalue weighted by Crippen LogP contribution is -2.18. The van der Waals surface area contributed by atoms with Gasteiger partial charge in [0.1, 0.15) is 17.1 Å². The molecular formula is C20H21NO3. The molecule has 1 aromatic heterocycles. The topological polar surface area (TPSA) is 51.5 Å². The number of benzene rings is 2. The van der Waals surface area contributed by atoms with Gasteiger partial charge in [0.25, 0.3) is 5.91 Å². The SMILES string of the molecule is CCCCOc1ccc2oc(-c3ccccc3)c(C(=O)NC)c2c1. The van der Waals surface area contributed by atoms with Crippen LogP contribution < -0.4 is 10.1 Å². The maximum Gasteiger partial charge on any atom is 0.255 e. The lowest BCUT2D eigenvalue weighted by molar-refractivity contribution is 0.0964. The monoisotopic (exact) mass is 323 g/mol. The fraction of sp³-hybridized carbons (Fsp3) is 0.250. The molecule has 124 valence electrons. The summed E-state index contributed by atoms with van der Waals surface area (Å²) < 4.78 is 11.7. The summed E-state index contributed by atoms with van der Waals surface area (Å²) in [7, 11) is 1.62. The highest BCUT2D eigenvalue weighted by Crippen LogP contribution is 2.35. The van der Waals surface area contributed by atoms with E-state index in [1.165, 1.54) is 0 Å². The van der Waals surface area contributed by atoms with Gasteiger partial charge in [0.15, 0.2) is 0 Å². The Morgan fingerprint density at radius 3 is 2.67 bits per heavy atom. The molecule has 0 aliphatic rings. The molecule has 0 unspecified atom stereocenters. The van der Waals surface area contributed by atoms with Gasteiger partial charge in [0.2, 0.25) is 0 Å². The van der Waals surface area contributed by atoms with Gasteiger partial charge in [-0.3, -0.25) is 4.79 Å². The number of carbonyl (C=O) groups excluding carboxylic acids is 1. The molecule has 4 nitrogen and oxygen atoms in total. The van der Waals surface area contributed by atoms with Crippen molar-refractivity contribution in [2.24, 2.45) is 0 Å². The molecule has 1 heterocycles. The molecular weight excluding hydrogens is 302 g/mol. The molecule has 24 heavy (non-hydrogen) atoms. The standard InChI is InChI=1S/C20H21NO3/c1-3-4-12-23-15-10-11-17-16(13-15)18(20(22)21-2)19(24-17)14-8-6-5-7-9-14/h5-11,13H,3-4,12H2,1-2H3,(H,21,22). The van der Waals surface area contributed by atoms with E-state index in [0.29, 0.717) is 23.5 Å². The van der Waals surface area contributed by atoms with Crippen molar-refractivity contribution in [1.29, 1.82) is 0 Å². The van der Waals surface area contributed by atoms with Gasteiger partial charge in [-0.2, -0.15) is 0 Å². The van der Waals surface area contributed by atoms with E-state index in [4.69, 9.17) is 9.15 Å². The molecule has 0 saturated carbocycles. The molecule has 0 spiro atoms. The molecule has 0 atom stereocenters. The van der Waals surface area contributed by atoms with Crippen LogP contribution in [0.1, 0.15) is 30.1 Å². The van der Waals surface area contributed by atoms with Crippen LogP contribution in [0.15, 0.2) is 52.9 Å². The summed E-state index contributed by atoms with van der Waals surface area (Å²) in [6, 6.07) is 15.3. The number of fused-ring (bicyclic) bond motifs is 1. The lowest BCUT2D eigenvalue weighted by Gasteiger charge is -2.05. The second-order valence-corrected chi connectivity index (χ2v) is 5.61. The van der Waals surface area contributed by atoms with Gasteiger partial charge in [-0.05, 0) is 24.6 Å². The highest BCUT2D eigenvalue weighted by molar-refractivity contribution is 6.11. The molecule has 2 aromatic carbocycles. The fourth-order valence-corrected chi connectivity index (χ4v) is 2.64. The van der Waals surface area contributed by atoms with Crippen molar-refractivity contribution >= 4 is 16.9 Å². The Hall–Kier alpha value is -2.75. The Kier molecular flexibility index (Phi) is 4.85. The summed E-state index contributed by atoms with van der Waals surface area (Å²) in [6.45, 7) is 2.79. The number of furan rings is 1. The van der Waals surface area contributed by atoms with Crippen LogP contribution in [-0.2, 0) is 0 Å². The predicted molar refractivity (Wildman–Crippen MR) is 95.4 cm³/mol. The minimum Gasteiger partial charge on any atom is -0.494 e. The predicted octanol–water partition coefficient (Wildman–Crippen LogP) is 4.64. The quantitative estimate of drug-likeness (QED) is 0.672. The number of hydrogen-bond donors (Lipinski definition) is 1. The summed E-state index contributed by atoms with van der Waals surface area (Å²) >= 11 is 0. The van der Waals surface area contributed by atoms with E-state index in [0.717, 1.165) is 29.5 Å². The molecule has 0 bridgehead atoms. The smallest absolute Gasteiger partial charge is 0.255 e. The number of unbranched alkanes of at least 4 members (excludes halogenated alkanes) is 1. The van der Waals surface area contributed by atoms with Crippen LogP contribution in [0.3, 0.4) is 0 Å². The van der Waals surface area contributed by atoms with Crippen LogP contribution in [0.25, 0.3) is 22.3 Å². The Bertz CT molecular complexity index is 837. The van der Waals surface area contributed by atoms with Gasteiger partial charge in [0.05, 0.1) is 12.2 Å². The first-order valence-corrected chi connectivity index (χ1v) is 8.21. The first-order chi connectivity index (χ1) is 11.7. The van der Waals surface area contributed by atoms with Gasteiger partial charge in [0, 0.05) is 18.0 Å². The molecule has 4 heteroatoms. The van der Waals surface area contributed by atoms with E-state index in [2.05, 4.69) is 12.2 Å². The minimum absolute atomic E-state index is 0.168. The van der Waals surface area contributed by atoms with E-state index in [1.807, 2.05) is 48.5 Å². The number of nitrogens with one attached hydrogen (secondary N) is 1. The van der Waals surface area contributed by atoms with Crippen molar-refractivity contribution in [3.63, 3.8) is 0 Å². The van der Waals surface area contributed by atoms with E-state index >= 15 is 0 Å². The van der Waals surface area contributed by atoms with Crippen LogP contribution in [0, 0.1) is 0 Å². The van der Waals surface area contributed by atoms with Crippen molar-refractivity contribution in [1.82, 2.24) is 5.32 Å². The molecule has 1 amide bonds. The molecule has 3 rings (SSSR count). The summed E-state index contributed by atoms with van der Waals surface area (Å²) in [5, 5.41) is 3.47. The molecule has 3 aromatic rings. The zero-order valence-electron chi connectivity index (χ0n) is 14.0. The average molecular weight is 323 g/mol. The van der Waals surface area contributed by atoms with E-state index in [9.17, 15) is 4.79 Å². The molecule has 0 radical (unpaired) electrons. The number of ether oxygens (including phenoxy) is 1. The first-order valence-electron chi connectivity index (χ1n) is 8.21. The fourth-order valence-electron chi connectivity index (χ4n) is 2.64. The van der Waals surface area contributed by atoms with Crippen molar-refractivity contribution in [2.45, 2.75) is 19.8 Å². The zero-order valence-corrected chi connectivity index (χ0v) is 14.0. The third-order valence-corrected chi connectivity index (χ3v) is 3.92. The van der Waals surface area contributed by atoms with Gasteiger partial charge in [-0.1, -0.05) is 43.7 Å². The summed E-state index contributed by atoms with van der Waals surface area (Å²) in [5.74, 6) is 1.16. The van der Waals surface area contributed by atoms with E-state index in [1.54, 1.807) is 7.05 Å². The van der Waals surface area contributed by atoms with Crippen molar-refractivity contribution in [2.75, 3.05) is 13.7 Å². The van der Waals surface area contributed by atoms with Crippen LogP contribution in [-0.4, -0.2) is 19.6 Å². The molecule has 0 saturated heterocycles. The summed E-state index contributed by atoms with van der Waals surface area (Å²) in [5.41, 5.74) is 2.09. The largest absolute Gasteiger partial charge is 0.494 e. The van der Waals surface area contributed by atoms with Crippen LogP contribution in [0.4, 0.5) is 0 Å². The third kappa shape index (κ3) is 3.13. The van der Waals surface area contributed by atoms with Gasteiger partial charge >= 0.3 is 0 Å². The Balaban J connectivity index is 2.10. The Labute approximate surface area is 141 Å². The highest BCUT2D eigenvalue weighted by Gasteiger charge is 2.21. The van der Waals surface area contributed by atoms with Crippen LogP contribution in [0.5, 0.6) is 5.75 Å². The zero-order chi connectivity index (χ0) is 16.9. The normalized spacial score (nSPS) is 10.8. The van der Waals surface area contributed by atoms with Gasteiger partial charge < -0.3 is 14.5 Å². The molecule has 0 fully saturated rings. The van der Waals surface area contributed by atoms with Crippen molar-refractivity contribution < 1.29 is 13.9 Å².